The molecule has 0 saturated carbocycles. The maximum atomic E-state index is 13.7. The Morgan fingerprint density at radius 3 is 2.73 bits per heavy atom. The van der Waals surface area contributed by atoms with Crippen LogP contribution in [0.25, 0.3) is 22.3 Å². The van der Waals surface area contributed by atoms with E-state index in [4.69, 9.17) is 0 Å². The standard InChI is InChI=1S/C19H11F4N5OS/c20-13-7-11(6-12(8-13)17(21)22)14-9-15(28(27-14)30-23)19(29)26-16-4-3-10-2-1-5-24-18(10)25-16/h1-9,17H,(H,24,25,26,29). The number of amides is 1. The summed E-state index contributed by atoms with van der Waals surface area (Å²) < 4.78 is 53.6. The number of nitrogens with zero attached hydrogens (tertiary/aromatic N) is 4. The van der Waals surface area contributed by atoms with Gasteiger partial charge in [0, 0.05) is 22.7 Å². The largest absolute Gasteiger partial charge is 0.305 e. The summed E-state index contributed by atoms with van der Waals surface area (Å²) >= 11 is -0.363. The van der Waals surface area contributed by atoms with Crippen molar-refractivity contribution in [2.45, 2.75) is 6.43 Å². The topological polar surface area (TPSA) is 72.7 Å². The Hall–Kier alpha value is -3.47. The van der Waals surface area contributed by atoms with Gasteiger partial charge in [-0.2, -0.15) is 9.19 Å². The first kappa shape index (κ1) is 19.8. The zero-order chi connectivity index (χ0) is 21.3. The molecule has 1 N–H and O–H groups in total. The van der Waals surface area contributed by atoms with Crippen molar-refractivity contribution in [2.24, 2.45) is 0 Å². The number of hydrogen-bond donors (Lipinski definition) is 1. The first-order valence-corrected chi connectivity index (χ1v) is 9.13. The van der Waals surface area contributed by atoms with Gasteiger partial charge in [0.15, 0.2) is 18.0 Å². The predicted octanol–water partition coefficient (Wildman–Crippen LogP) is 5.20. The molecule has 0 aliphatic rings. The fourth-order valence-corrected chi connectivity index (χ4v) is 3.13. The Kier molecular flexibility index (Phi) is 5.36. The highest BCUT2D eigenvalue weighted by Crippen LogP contribution is 2.28. The fraction of sp³-hybridized carbons (Fsp3) is 0.0526. The molecule has 1 amide bonds. The number of nitrogens with one attached hydrogen (secondary N) is 1. The number of anilines is 1. The van der Waals surface area contributed by atoms with Crippen LogP contribution >= 0.6 is 12.3 Å². The van der Waals surface area contributed by atoms with Crippen LogP contribution in [-0.4, -0.2) is 25.1 Å². The van der Waals surface area contributed by atoms with Crippen molar-refractivity contribution < 1.29 is 21.9 Å². The highest BCUT2D eigenvalue weighted by atomic mass is 32.2. The van der Waals surface area contributed by atoms with E-state index in [-0.39, 0.29) is 35.1 Å². The first-order chi connectivity index (χ1) is 14.4. The van der Waals surface area contributed by atoms with Gasteiger partial charge in [-0.15, -0.1) is 3.89 Å². The lowest BCUT2D eigenvalue weighted by Gasteiger charge is -2.05. The van der Waals surface area contributed by atoms with Gasteiger partial charge in [0.25, 0.3) is 12.3 Å². The van der Waals surface area contributed by atoms with E-state index in [0.29, 0.717) is 15.8 Å². The van der Waals surface area contributed by atoms with Gasteiger partial charge in [0.05, 0.1) is 5.69 Å². The number of benzene rings is 1. The van der Waals surface area contributed by atoms with Crippen molar-refractivity contribution in [3.8, 4) is 11.3 Å². The van der Waals surface area contributed by atoms with Gasteiger partial charge in [-0.1, -0.05) is 0 Å². The number of fused-ring (bicyclic) bond motifs is 1. The molecule has 0 radical (unpaired) electrons. The van der Waals surface area contributed by atoms with E-state index in [1.165, 1.54) is 6.07 Å². The summed E-state index contributed by atoms with van der Waals surface area (Å²) in [4.78, 5) is 20.9. The number of carbonyl (C=O) groups excluding carboxylic acids is 1. The average molecular weight is 433 g/mol. The maximum absolute atomic E-state index is 13.7. The third-order valence-corrected chi connectivity index (χ3v) is 4.56. The fourth-order valence-electron chi connectivity index (χ4n) is 2.80. The van der Waals surface area contributed by atoms with Gasteiger partial charge in [-0.05, 0) is 48.5 Å². The second kappa shape index (κ2) is 8.11. The van der Waals surface area contributed by atoms with Crippen LogP contribution in [0.1, 0.15) is 22.5 Å². The van der Waals surface area contributed by atoms with Crippen molar-refractivity contribution in [2.75, 3.05) is 5.32 Å². The number of alkyl halides is 2. The number of halogens is 4. The molecule has 3 aromatic heterocycles. The summed E-state index contributed by atoms with van der Waals surface area (Å²) in [5.41, 5.74) is -0.418. The number of rotatable bonds is 5. The van der Waals surface area contributed by atoms with E-state index in [1.807, 2.05) is 0 Å². The van der Waals surface area contributed by atoms with Gasteiger partial charge < -0.3 is 5.32 Å². The van der Waals surface area contributed by atoms with Gasteiger partial charge in [-0.3, -0.25) is 4.79 Å². The van der Waals surface area contributed by atoms with Crippen LogP contribution in [0.5, 0.6) is 0 Å². The first-order valence-electron chi connectivity index (χ1n) is 8.46. The van der Waals surface area contributed by atoms with E-state index in [1.54, 1.807) is 30.5 Å². The SMILES string of the molecule is O=C(Nc1ccc2cccnc2n1)c1cc(-c2cc(F)cc(C(F)F)c2)nn1SF. The van der Waals surface area contributed by atoms with Gasteiger partial charge in [0.1, 0.15) is 17.3 Å². The molecule has 6 nitrogen and oxygen atoms in total. The molecule has 4 rings (SSSR count). The lowest BCUT2D eigenvalue weighted by Crippen LogP contribution is -2.16. The minimum Gasteiger partial charge on any atom is -0.305 e. The lowest BCUT2D eigenvalue weighted by atomic mass is 10.1. The summed E-state index contributed by atoms with van der Waals surface area (Å²) in [5, 5.41) is 7.13. The third kappa shape index (κ3) is 3.96. The molecule has 0 unspecified atom stereocenters. The molecule has 0 bridgehead atoms. The van der Waals surface area contributed by atoms with Crippen LogP contribution in [0.15, 0.2) is 54.7 Å². The molecule has 152 valence electrons. The van der Waals surface area contributed by atoms with Crippen molar-refractivity contribution >= 4 is 35.1 Å². The normalized spacial score (nSPS) is 11.2. The van der Waals surface area contributed by atoms with Crippen molar-refractivity contribution in [3.05, 3.63) is 71.8 Å². The summed E-state index contributed by atoms with van der Waals surface area (Å²) in [6.45, 7) is 0. The van der Waals surface area contributed by atoms with E-state index in [2.05, 4.69) is 20.4 Å². The quantitative estimate of drug-likeness (QED) is 0.438. The molecule has 0 atom stereocenters. The smallest absolute Gasteiger partial charge is 0.276 e. The minimum absolute atomic E-state index is 0.0137. The molecule has 0 saturated heterocycles. The highest BCUT2D eigenvalue weighted by Gasteiger charge is 2.20. The molecule has 0 fully saturated rings. The Morgan fingerprint density at radius 1 is 1.13 bits per heavy atom. The zero-order valence-corrected chi connectivity index (χ0v) is 15.7. The highest BCUT2D eigenvalue weighted by molar-refractivity contribution is 7.92. The summed E-state index contributed by atoms with van der Waals surface area (Å²) in [6.07, 6.45) is -1.35. The monoisotopic (exact) mass is 433 g/mol. The number of carbonyl (C=O) groups is 1. The van der Waals surface area contributed by atoms with E-state index in [0.717, 1.165) is 17.5 Å². The second-order valence-electron chi connectivity index (χ2n) is 6.13. The Labute approximate surface area is 171 Å². The zero-order valence-electron chi connectivity index (χ0n) is 14.9. The van der Waals surface area contributed by atoms with Crippen LogP contribution in [0.2, 0.25) is 0 Å². The molecule has 0 aliphatic carbocycles. The molecular formula is C19H11F4N5OS. The van der Waals surface area contributed by atoms with Gasteiger partial charge in [-0.25, -0.2) is 23.1 Å². The molecule has 11 heteroatoms. The molecule has 0 aliphatic heterocycles. The van der Waals surface area contributed by atoms with E-state index in [9.17, 15) is 21.9 Å². The van der Waals surface area contributed by atoms with Crippen LogP contribution < -0.4 is 5.32 Å². The minimum atomic E-state index is -2.90. The molecule has 30 heavy (non-hydrogen) atoms. The Morgan fingerprint density at radius 2 is 1.97 bits per heavy atom. The van der Waals surface area contributed by atoms with Crippen LogP contribution in [-0.2, 0) is 0 Å². The van der Waals surface area contributed by atoms with Gasteiger partial charge >= 0.3 is 0 Å². The van der Waals surface area contributed by atoms with E-state index >= 15 is 0 Å². The second-order valence-corrected chi connectivity index (χ2v) is 6.62. The Balaban J connectivity index is 1.65. The molecular weight excluding hydrogens is 422 g/mol. The molecule has 1 aromatic carbocycles. The number of pyridine rings is 2. The van der Waals surface area contributed by atoms with Crippen molar-refractivity contribution in [3.63, 3.8) is 0 Å². The molecule has 3 heterocycles. The summed E-state index contributed by atoms with van der Waals surface area (Å²) in [7, 11) is 0. The molecule has 4 aromatic rings. The maximum Gasteiger partial charge on any atom is 0.276 e. The summed E-state index contributed by atoms with van der Waals surface area (Å²) in [6, 6.07) is 10.7. The Bertz CT molecular complexity index is 1250. The van der Waals surface area contributed by atoms with Crippen LogP contribution in [0.4, 0.5) is 22.9 Å². The number of hydrogen-bond acceptors (Lipinski definition) is 5. The summed E-state index contributed by atoms with van der Waals surface area (Å²) in [5.74, 6) is -1.47. The van der Waals surface area contributed by atoms with Crippen LogP contribution in [0, 0.1) is 5.82 Å². The lowest BCUT2D eigenvalue weighted by molar-refractivity contribution is 0.102. The number of aromatic nitrogens is 4. The average Bonchev–Trinajstić information content (AvgIpc) is 3.18. The molecule has 0 spiro atoms. The predicted molar refractivity (Wildman–Crippen MR) is 104 cm³/mol. The van der Waals surface area contributed by atoms with Gasteiger partial charge in [0.2, 0.25) is 0 Å². The van der Waals surface area contributed by atoms with Crippen molar-refractivity contribution in [1.29, 1.82) is 0 Å². The van der Waals surface area contributed by atoms with E-state index < -0.39 is 23.7 Å². The van der Waals surface area contributed by atoms with Crippen LogP contribution in [0.3, 0.4) is 0 Å². The van der Waals surface area contributed by atoms with Crippen molar-refractivity contribution in [1.82, 2.24) is 19.2 Å². The third-order valence-electron chi connectivity index (χ3n) is 4.15.